The van der Waals surface area contributed by atoms with E-state index in [4.69, 9.17) is 5.26 Å². The quantitative estimate of drug-likeness (QED) is 0.796. The zero-order valence-corrected chi connectivity index (χ0v) is 10.2. The van der Waals surface area contributed by atoms with Crippen molar-refractivity contribution in [3.63, 3.8) is 0 Å². The number of aromatic nitrogens is 2. The molecule has 0 aliphatic carbocycles. The predicted octanol–water partition coefficient (Wildman–Crippen LogP) is 1.42. The highest BCUT2D eigenvalue weighted by molar-refractivity contribution is 5.66. The van der Waals surface area contributed by atoms with Gasteiger partial charge in [-0.05, 0) is 12.1 Å². The van der Waals surface area contributed by atoms with Crippen molar-refractivity contribution in [1.29, 1.82) is 5.26 Å². The van der Waals surface area contributed by atoms with Gasteiger partial charge in [-0.3, -0.25) is 4.79 Å². The van der Waals surface area contributed by atoms with Crippen LogP contribution in [0.5, 0.6) is 0 Å². The first-order chi connectivity index (χ1) is 8.65. The average molecular weight is 240 g/mol. The van der Waals surface area contributed by atoms with E-state index >= 15 is 0 Å². The van der Waals surface area contributed by atoms with Gasteiger partial charge in [0.15, 0.2) is 5.82 Å². The van der Waals surface area contributed by atoms with Gasteiger partial charge in [0.1, 0.15) is 6.07 Å². The van der Waals surface area contributed by atoms with E-state index in [2.05, 4.69) is 11.1 Å². The highest BCUT2D eigenvalue weighted by Crippen LogP contribution is 2.22. The SMILES string of the molecule is CN(c1ccccc1C#N)c1nccn(C)c1=O. The van der Waals surface area contributed by atoms with E-state index in [0.29, 0.717) is 17.1 Å². The topological polar surface area (TPSA) is 61.9 Å². The molecule has 90 valence electrons. The molecule has 0 spiro atoms. The van der Waals surface area contributed by atoms with E-state index in [0.717, 1.165) is 0 Å². The minimum Gasteiger partial charge on any atom is -0.324 e. The van der Waals surface area contributed by atoms with Crippen LogP contribution in [-0.4, -0.2) is 16.6 Å². The van der Waals surface area contributed by atoms with Crippen LogP contribution in [0, 0.1) is 11.3 Å². The van der Waals surface area contributed by atoms with Gasteiger partial charge in [0.2, 0.25) is 0 Å². The number of nitriles is 1. The molecule has 0 aliphatic rings. The third-order valence-electron chi connectivity index (χ3n) is 2.70. The molecule has 5 nitrogen and oxygen atoms in total. The van der Waals surface area contributed by atoms with Gasteiger partial charge in [-0.1, -0.05) is 12.1 Å². The lowest BCUT2D eigenvalue weighted by atomic mass is 10.2. The maximum absolute atomic E-state index is 12.0. The van der Waals surface area contributed by atoms with Gasteiger partial charge in [-0.2, -0.15) is 5.26 Å². The molecule has 1 heterocycles. The van der Waals surface area contributed by atoms with Gasteiger partial charge in [0.05, 0.1) is 11.3 Å². The molecule has 0 bridgehead atoms. The van der Waals surface area contributed by atoms with Crippen LogP contribution >= 0.6 is 0 Å². The van der Waals surface area contributed by atoms with Gasteiger partial charge >= 0.3 is 0 Å². The lowest BCUT2D eigenvalue weighted by Crippen LogP contribution is -2.26. The van der Waals surface area contributed by atoms with E-state index in [1.807, 2.05) is 6.07 Å². The molecule has 0 fully saturated rings. The summed E-state index contributed by atoms with van der Waals surface area (Å²) >= 11 is 0. The van der Waals surface area contributed by atoms with Crippen LogP contribution < -0.4 is 10.5 Å². The number of hydrogen-bond donors (Lipinski definition) is 0. The first-order valence-electron chi connectivity index (χ1n) is 5.39. The second kappa shape index (κ2) is 4.72. The minimum absolute atomic E-state index is 0.201. The predicted molar refractivity (Wildman–Crippen MR) is 68.7 cm³/mol. The molecule has 2 rings (SSSR count). The Morgan fingerprint density at radius 3 is 2.83 bits per heavy atom. The Morgan fingerprint density at radius 2 is 2.11 bits per heavy atom. The molecule has 0 radical (unpaired) electrons. The Bertz CT molecular complexity index is 669. The summed E-state index contributed by atoms with van der Waals surface area (Å²) in [5.74, 6) is 0.294. The Morgan fingerprint density at radius 1 is 1.39 bits per heavy atom. The molecule has 0 aliphatic heterocycles. The van der Waals surface area contributed by atoms with Crippen molar-refractivity contribution in [2.45, 2.75) is 0 Å². The van der Waals surface area contributed by atoms with Crippen molar-refractivity contribution >= 4 is 11.5 Å². The van der Waals surface area contributed by atoms with Crippen LogP contribution in [0.3, 0.4) is 0 Å². The molecule has 5 heteroatoms. The van der Waals surface area contributed by atoms with Crippen molar-refractivity contribution in [3.8, 4) is 6.07 Å². The molecule has 0 saturated heterocycles. The average Bonchev–Trinajstić information content (AvgIpc) is 2.41. The van der Waals surface area contributed by atoms with Gasteiger partial charge < -0.3 is 9.47 Å². The van der Waals surface area contributed by atoms with Crippen molar-refractivity contribution in [2.75, 3.05) is 11.9 Å². The van der Waals surface area contributed by atoms with E-state index in [-0.39, 0.29) is 5.56 Å². The first-order valence-corrected chi connectivity index (χ1v) is 5.39. The third kappa shape index (κ3) is 1.96. The largest absolute Gasteiger partial charge is 0.324 e. The lowest BCUT2D eigenvalue weighted by molar-refractivity contribution is 0.833. The second-order valence-electron chi connectivity index (χ2n) is 3.85. The van der Waals surface area contributed by atoms with Gasteiger partial charge in [0, 0.05) is 26.5 Å². The number of anilines is 2. The zero-order chi connectivity index (χ0) is 13.1. The molecule has 2 aromatic rings. The van der Waals surface area contributed by atoms with E-state index in [1.165, 1.54) is 4.57 Å². The molecule has 1 aromatic heterocycles. The number of para-hydroxylation sites is 1. The maximum atomic E-state index is 12.0. The molecular weight excluding hydrogens is 228 g/mol. The highest BCUT2D eigenvalue weighted by atomic mass is 16.1. The smallest absolute Gasteiger partial charge is 0.293 e. The van der Waals surface area contributed by atoms with Crippen molar-refractivity contribution in [3.05, 3.63) is 52.6 Å². The molecule has 0 unspecified atom stereocenters. The molecule has 18 heavy (non-hydrogen) atoms. The Kier molecular flexibility index (Phi) is 3.11. The summed E-state index contributed by atoms with van der Waals surface area (Å²) in [6.45, 7) is 0. The van der Waals surface area contributed by atoms with Crippen LogP contribution in [0.4, 0.5) is 11.5 Å². The van der Waals surface area contributed by atoms with Crippen LogP contribution in [0.2, 0.25) is 0 Å². The summed E-state index contributed by atoms with van der Waals surface area (Å²) in [6, 6.07) is 9.20. The van der Waals surface area contributed by atoms with E-state index < -0.39 is 0 Å². The monoisotopic (exact) mass is 240 g/mol. The minimum atomic E-state index is -0.201. The lowest BCUT2D eigenvalue weighted by Gasteiger charge is -2.18. The summed E-state index contributed by atoms with van der Waals surface area (Å²) in [6.07, 6.45) is 3.15. The summed E-state index contributed by atoms with van der Waals surface area (Å²) in [7, 11) is 3.39. The molecule has 0 amide bonds. The van der Waals surface area contributed by atoms with Crippen molar-refractivity contribution in [1.82, 2.24) is 9.55 Å². The normalized spacial score (nSPS) is 9.83. The number of hydrogen-bond acceptors (Lipinski definition) is 4. The summed E-state index contributed by atoms with van der Waals surface area (Å²) in [5.41, 5.74) is 0.969. The third-order valence-corrected chi connectivity index (χ3v) is 2.70. The molecule has 0 saturated carbocycles. The van der Waals surface area contributed by atoms with Crippen LogP contribution in [0.1, 0.15) is 5.56 Å². The maximum Gasteiger partial charge on any atom is 0.293 e. The van der Waals surface area contributed by atoms with Gasteiger partial charge in [-0.25, -0.2) is 4.98 Å². The van der Waals surface area contributed by atoms with Gasteiger partial charge in [0.25, 0.3) is 5.56 Å². The van der Waals surface area contributed by atoms with Crippen molar-refractivity contribution < 1.29 is 0 Å². The summed E-state index contributed by atoms with van der Waals surface area (Å²) < 4.78 is 1.45. The van der Waals surface area contributed by atoms with E-state index in [9.17, 15) is 4.79 Å². The fraction of sp³-hybridized carbons (Fsp3) is 0.154. The summed E-state index contributed by atoms with van der Waals surface area (Å²) in [4.78, 5) is 17.7. The standard InChI is InChI=1S/C13H12N4O/c1-16-8-7-15-12(13(16)18)17(2)11-6-4-3-5-10(11)9-14/h3-8H,1-2H3. The van der Waals surface area contributed by atoms with Crippen LogP contribution in [-0.2, 0) is 7.05 Å². The molecule has 1 aromatic carbocycles. The Hall–Kier alpha value is -2.61. The molecular formula is C13H12N4O. The molecule has 0 N–H and O–H groups in total. The Balaban J connectivity index is 2.56. The second-order valence-corrected chi connectivity index (χ2v) is 3.85. The number of rotatable bonds is 2. The number of aryl methyl sites for hydroxylation is 1. The van der Waals surface area contributed by atoms with Crippen LogP contribution in [0.25, 0.3) is 0 Å². The number of nitrogens with zero attached hydrogens (tertiary/aromatic N) is 4. The zero-order valence-electron chi connectivity index (χ0n) is 10.2. The summed E-state index contributed by atoms with van der Waals surface area (Å²) in [5, 5.41) is 9.06. The Labute approximate surface area is 105 Å². The number of benzene rings is 1. The first kappa shape index (κ1) is 11.9. The fourth-order valence-corrected chi connectivity index (χ4v) is 1.69. The fourth-order valence-electron chi connectivity index (χ4n) is 1.69. The van der Waals surface area contributed by atoms with Crippen LogP contribution in [0.15, 0.2) is 41.5 Å². The highest BCUT2D eigenvalue weighted by Gasteiger charge is 2.13. The molecule has 0 atom stereocenters. The van der Waals surface area contributed by atoms with E-state index in [1.54, 1.807) is 49.6 Å². The van der Waals surface area contributed by atoms with Gasteiger partial charge in [-0.15, -0.1) is 0 Å². The van der Waals surface area contributed by atoms with Crippen molar-refractivity contribution in [2.24, 2.45) is 7.05 Å².